The Morgan fingerprint density at radius 2 is 1.29 bits per heavy atom. The topological polar surface area (TPSA) is 373 Å². The second kappa shape index (κ2) is 32.4. The Morgan fingerprint density at radius 3 is 1.90 bits per heavy atom. The summed E-state index contributed by atoms with van der Waals surface area (Å²) in [7, 11) is -4.30. The predicted octanol–water partition coefficient (Wildman–Crippen LogP) is 7.19. The van der Waals surface area contributed by atoms with E-state index in [2.05, 4.69) is 47.3 Å². The second-order valence-corrected chi connectivity index (χ2v) is 29.7. The van der Waals surface area contributed by atoms with E-state index in [0.717, 1.165) is 27.8 Å². The van der Waals surface area contributed by atoms with Crippen LogP contribution in [0.5, 0.6) is 5.75 Å². The number of carboxylic acids is 1. The molecule has 0 fully saturated rings. The van der Waals surface area contributed by atoms with E-state index in [1.165, 1.54) is 17.7 Å². The lowest BCUT2D eigenvalue weighted by Gasteiger charge is -2.29. The summed E-state index contributed by atoms with van der Waals surface area (Å²) in [5, 5.41) is 39.8. The highest BCUT2D eigenvalue weighted by Crippen LogP contribution is 2.45. The number of hydrogen-bond donors (Lipinski definition) is 11. The highest BCUT2D eigenvalue weighted by atomic mass is 32.2. The highest BCUT2D eigenvalue weighted by Gasteiger charge is 2.39. The van der Waals surface area contributed by atoms with E-state index in [-0.39, 0.29) is 55.6 Å². The number of aliphatic carboxylic acids is 1. The number of ether oxygens (including phenoxy) is 3. The molecule has 0 bridgehead atoms. The number of nitrogens with one attached hydrogen (secondary N) is 10. The Morgan fingerprint density at radius 1 is 0.707 bits per heavy atom. The molecule has 5 aromatic rings. The summed E-state index contributed by atoms with van der Waals surface area (Å²) in [6.45, 7) is 25.0. The van der Waals surface area contributed by atoms with Gasteiger partial charge in [0.05, 0.1) is 10.4 Å². The lowest BCUT2D eigenvalue weighted by atomic mass is 9.94. The quantitative estimate of drug-likeness (QED) is 0.0128. The van der Waals surface area contributed by atoms with Gasteiger partial charge in [-0.3, -0.25) is 43.5 Å². The zero-order chi connectivity index (χ0) is 73.2. The van der Waals surface area contributed by atoms with Crippen LogP contribution in [0.15, 0.2) is 83.9 Å². The van der Waals surface area contributed by atoms with Gasteiger partial charge in [-0.2, -0.15) is 0 Å². The van der Waals surface area contributed by atoms with Crippen molar-refractivity contribution in [1.29, 1.82) is 5.41 Å². The number of carbonyl (C=O) groups excluding carboxylic acids is 8. The van der Waals surface area contributed by atoms with E-state index in [0.29, 0.717) is 51.7 Å². The van der Waals surface area contributed by atoms with Crippen molar-refractivity contribution in [1.82, 2.24) is 51.8 Å². The number of fused-ring (bicyclic) bond motifs is 5. The Bertz CT molecular complexity index is 3960. The number of benzene rings is 4. The van der Waals surface area contributed by atoms with E-state index in [9.17, 15) is 51.9 Å². The van der Waals surface area contributed by atoms with Crippen LogP contribution < -0.4 is 52.0 Å². The van der Waals surface area contributed by atoms with E-state index in [1.807, 2.05) is 69.3 Å². The number of para-hydroxylation sites is 1. The van der Waals surface area contributed by atoms with Gasteiger partial charge < -0.3 is 61.9 Å². The van der Waals surface area contributed by atoms with Gasteiger partial charge in [0.2, 0.25) is 41.4 Å². The van der Waals surface area contributed by atoms with Crippen molar-refractivity contribution in [2.75, 3.05) is 19.7 Å². The maximum Gasteiger partial charge on any atom is 0.419 e. The summed E-state index contributed by atoms with van der Waals surface area (Å²) in [5.41, 5.74) is 5.85. The minimum Gasteiger partial charge on any atom is -0.487 e. The molecule has 4 aromatic carbocycles. The molecule has 1 aliphatic carbocycles. The van der Waals surface area contributed by atoms with Gasteiger partial charge in [-0.25, -0.2) is 22.7 Å². The first-order chi connectivity index (χ1) is 46.4. The van der Waals surface area contributed by atoms with Crippen LogP contribution in [0.3, 0.4) is 0 Å². The highest BCUT2D eigenvalue weighted by molar-refractivity contribution is 7.90. The van der Waals surface area contributed by atoms with Gasteiger partial charge in [0, 0.05) is 42.5 Å². The number of nitrogens with zero attached hydrogens (tertiary/aromatic N) is 1. The molecule has 0 saturated heterocycles. The van der Waals surface area contributed by atoms with Crippen molar-refractivity contribution in [3.63, 3.8) is 0 Å². The molecule has 1 aliphatic heterocycles. The Hall–Kier alpha value is -9.53. The lowest BCUT2D eigenvalue weighted by Crippen LogP contribution is -2.60. The number of guanidine groups is 1. The van der Waals surface area contributed by atoms with Crippen LogP contribution >= 0.6 is 0 Å². The van der Waals surface area contributed by atoms with E-state index < -0.39 is 135 Å². The zero-order valence-corrected chi connectivity index (χ0v) is 60.0. The molecule has 7 rings (SSSR count). The molecule has 1 aromatic heterocycles. The van der Waals surface area contributed by atoms with Crippen LogP contribution in [0.1, 0.15) is 154 Å². The molecule has 11 N–H and O–H groups in total. The SMILES string of the molecule is CC[C@H](C)[C@H](NC(=O)OCC1c2ccccc2-c2ccccc21)C(=O)N[C@@H](C)C(=O)N[C@@H](Cc1cn(C(=O)OC(C)(C)C)c2ccccc12)C(=O)N[C@@H](CC(C)C)C(=O)N[C@H](C(=O)N[C@@H](CCCNC(=N)NS(=O)(=O)c1c(C)c(C)c2c(c1C)CC(C)(C)O2)C(=O)NCC(=O)O)C(C)C. The van der Waals surface area contributed by atoms with Crippen LogP contribution in [0.25, 0.3) is 22.0 Å². The maximum atomic E-state index is 15.0. The first-order valence-electron chi connectivity index (χ1n) is 33.5. The molecule has 536 valence electrons. The number of alkyl carbamates (subject to hydrolysis) is 1. The molecular formula is C72H97N11O15S. The van der Waals surface area contributed by atoms with Gasteiger partial charge in [0.1, 0.15) is 66.4 Å². The van der Waals surface area contributed by atoms with Crippen molar-refractivity contribution in [3.05, 3.63) is 118 Å². The normalized spacial score (nSPS) is 15.2. The summed E-state index contributed by atoms with van der Waals surface area (Å²) >= 11 is 0. The van der Waals surface area contributed by atoms with Crippen LogP contribution in [-0.2, 0) is 65.9 Å². The number of amides is 7. The van der Waals surface area contributed by atoms with Gasteiger partial charge in [-0.15, -0.1) is 0 Å². The summed E-state index contributed by atoms with van der Waals surface area (Å²) in [6.07, 6.45) is 0.443. The van der Waals surface area contributed by atoms with Crippen molar-refractivity contribution in [3.8, 4) is 16.9 Å². The predicted molar refractivity (Wildman–Crippen MR) is 373 cm³/mol. The number of carboxylic acid groups (broad SMARTS) is 1. The maximum absolute atomic E-state index is 15.0. The molecule has 27 heteroatoms. The fraction of sp³-hybridized carbons (Fsp3) is 0.500. The Balaban J connectivity index is 1.06. The monoisotopic (exact) mass is 1390 g/mol. The number of carbonyl (C=O) groups is 9. The third-order valence-electron chi connectivity index (χ3n) is 17.7. The van der Waals surface area contributed by atoms with Gasteiger partial charge >= 0.3 is 18.2 Å². The van der Waals surface area contributed by atoms with Gasteiger partial charge in [-0.1, -0.05) is 115 Å². The molecule has 99 heavy (non-hydrogen) atoms. The first kappa shape index (κ1) is 76.8. The van der Waals surface area contributed by atoms with E-state index in [4.69, 9.17) is 19.6 Å². The molecule has 0 saturated carbocycles. The van der Waals surface area contributed by atoms with Crippen molar-refractivity contribution in [2.24, 2.45) is 17.8 Å². The average Bonchev–Trinajstić information content (AvgIpc) is 1.66. The van der Waals surface area contributed by atoms with E-state index >= 15 is 4.79 Å². The van der Waals surface area contributed by atoms with Crippen molar-refractivity contribution < 1.29 is 70.9 Å². The number of aromatic nitrogens is 1. The van der Waals surface area contributed by atoms with Crippen LogP contribution in [-0.4, -0.2) is 145 Å². The van der Waals surface area contributed by atoms with Crippen molar-refractivity contribution in [2.45, 2.75) is 201 Å². The van der Waals surface area contributed by atoms with Crippen LogP contribution in [0.4, 0.5) is 9.59 Å². The molecule has 26 nitrogen and oxygen atoms in total. The minimum absolute atomic E-state index is 0.000617. The van der Waals surface area contributed by atoms with Gasteiger partial charge in [0.15, 0.2) is 0 Å². The average molecular weight is 1390 g/mol. The molecule has 2 aliphatic rings. The standard InChI is InChI=1S/C72H97N11O15S/c1-16-40(6)59(81-69(92)96-37-52-49-27-19-17-25-47(49)48-26-18-20-28-50(48)52)67(91)76-44(10)62(86)78-55(33-45-36-83(70(93)98-71(11,12)13)56-30-22-21-24-46(45)56)64(88)79-54(32-38(2)3)65(89)80-58(39(4)5)66(90)77-53(63(87)75-35-57(84)85)29-23-31-74-68(73)82-99(94,95)61-42(8)41(7)60-51(43(61)9)34-72(14,15)97-60/h17-22,24-28,30,36,38-40,44,52-55,58-59H,16,23,29,31-35,37H2,1-15H3,(H,75,87)(H,76,91)(H,77,90)(H,78,86)(H,79,88)(H,80,89)(H,81,92)(H,84,85)(H3,73,74,82)/t40-,44-,53-,54-,55-,58-,59-/m0/s1. The minimum atomic E-state index is -4.30. The summed E-state index contributed by atoms with van der Waals surface area (Å²) in [5.74, 6) is -7.92. The molecular weight excluding hydrogens is 1290 g/mol. The molecule has 0 radical (unpaired) electrons. The largest absolute Gasteiger partial charge is 0.487 e. The summed E-state index contributed by atoms with van der Waals surface area (Å²) in [6, 6.07) is 14.4. The Kier molecular flexibility index (Phi) is 25.2. The van der Waals surface area contributed by atoms with Crippen LogP contribution in [0.2, 0.25) is 0 Å². The zero-order valence-electron chi connectivity index (χ0n) is 59.2. The molecule has 0 spiro atoms. The lowest BCUT2D eigenvalue weighted by molar-refractivity contribution is -0.138. The molecule has 7 atom stereocenters. The van der Waals surface area contributed by atoms with Gasteiger partial charge in [-0.05, 0) is 150 Å². The number of rotatable bonds is 29. The fourth-order valence-corrected chi connectivity index (χ4v) is 13.9. The third-order valence-corrected chi connectivity index (χ3v) is 19.3. The summed E-state index contributed by atoms with van der Waals surface area (Å²) < 4.78 is 48.9. The second-order valence-electron chi connectivity index (χ2n) is 28.0. The smallest absolute Gasteiger partial charge is 0.419 e. The molecule has 0 unspecified atom stereocenters. The first-order valence-corrected chi connectivity index (χ1v) is 35.0. The number of hydrogen-bond acceptors (Lipinski definition) is 15. The van der Waals surface area contributed by atoms with Crippen molar-refractivity contribution >= 4 is 80.5 Å². The van der Waals surface area contributed by atoms with E-state index in [1.54, 1.807) is 100 Å². The summed E-state index contributed by atoms with van der Waals surface area (Å²) in [4.78, 5) is 125. The van der Waals surface area contributed by atoms with Crippen LogP contribution in [0, 0.1) is 43.9 Å². The third kappa shape index (κ3) is 19.4. The molecule has 2 heterocycles. The van der Waals surface area contributed by atoms with Gasteiger partial charge in [0.25, 0.3) is 10.0 Å². The Labute approximate surface area is 578 Å². The molecule has 7 amide bonds. The number of sulfonamides is 1. The fourth-order valence-electron chi connectivity index (χ4n) is 12.4.